The summed E-state index contributed by atoms with van der Waals surface area (Å²) in [7, 11) is 0. The summed E-state index contributed by atoms with van der Waals surface area (Å²) in [4.78, 5) is 13.3. The standard InChI is InChI=1S/C14H12ClNOS/c1-8-4-5-18-13(8)7-11-10-6-9(15)2-3-12(10)16-14(11)17/h2-6,11H,7H2,1H3,(H,16,17). The Hall–Kier alpha value is -1.32. The van der Waals surface area contributed by atoms with Crippen LogP contribution in [-0.4, -0.2) is 5.91 Å². The van der Waals surface area contributed by atoms with Gasteiger partial charge < -0.3 is 5.32 Å². The van der Waals surface area contributed by atoms with E-state index < -0.39 is 0 Å². The normalized spacial score (nSPS) is 17.7. The molecule has 3 rings (SSSR count). The van der Waals surface area contributed by atoms with Gasteiger partial charge in [0.15, 0.2) is 0 Å². The Balaban J connectivity index is 1.96. The summed E-state index contributed by atoms with van der Waals surface area (Å²) in [5.41, 5.74) is 3.16. The fourth-order valence-electron chi connectivity index (χ4n) is 2.30. The Bertz CT molecular complexity index is 620. The number of hydrogen-bond acceptors (Lipinski definition) is 2. The molecule has 4 heteroatoms. The minimum Gasteiger partial charge on any atom is -0.325 e. The Labute approximate surface area is 115 Å². The van der Waals surface area contributed by atoms with Crippen LogP contribution in [0.15, 0.2) is 29.6 Å². The first-order chi connectivity index (χ1) is 8.65. The van der Waals surface area contributed by atoms with Crippen LogP contribution < -0.4 is 5.32 Å². The molecular weight excluding hydrogens is 266 g/mol. The van der Waals surface area contributed by atoms with E-state index in [9.17, 15) is 4.79 Å². The van der Waals surface area contributed by atoms with Crippen molar-refractivity contribution >= 4 is 34.5 Å². The molecule has 1 aromatic carbocycles. The first kappa shape index (κ1) is 11.8. The third kappa shape index (κ3) is 1.93. The number of amides is 1. The maximum absolute atomic E-state index is 12.0. The van der Waals surface area contributed by atoms with E-state index >= 15 is 0 Å². The van der Waals surface area contributed by atoms with Crippen molar-refractivity contribution in [2.75, 3.05) is 5.32 Å². The van der Waals surface area contributed by atoms with Gasteiger partial charge in [-0.3, -0.25) is 4.79 Å². The lowest BCUT2D eigenvalue weighted by molar-refractivity contribution is -0.117. The molecule has 18 heavy (non-hydrogen) atoms. The number of aryl methyl sites for hydroxylation is 1. The molecule has 0 aliphatic carbocycles. The summed E-state index contributed by atoms with van der Waals surface area (Å²) >= 11 is 7.72. The van der Waals surface area contributed by atoms with Gasteiger partial charge in [0.1, 0.15) is 0 Å². The molecule has 0 bridgehead atoms. The fourth-order valence-corrected chi connectivity index (χ4v) is 3.43. The van der Waals surface area contributed by atoms with Gasteiger partial charge in [0.05, 0.1) is 5.92 Å². The van der Waals surface area contributed by atoms with Gasteiger partial charge in [-0.05, 0) is 54.1 Å². The molecule has 1 amide bonds. The molecule has 1 atom stereocenters. The summed E-state index contributed by atoms with van der Waals surface area (Å²) < 4.78 is 0. The van der Waals surface area contributed by atoms with Crippen LogP contribution in [0.2, 0.25) is 5.02 Å². The topological polar surface area (TPSA) is 29.1 Å². The van der Waals surface area contributed by atoms with Gasteiger partial charge in [-0.15, -0.1) is 11.3 Å². The van der Waals surface area contributed by atoms with Crippen molar-refractivity contribution in [3.8, 4) is 0 Å². The van der Waals surface area contributed by atoms with Crippen molar-refractivity contribution in [1.29, 1.82) is 0 Å². The molecule has 92 valence electrons. The number of benzene rings is 1. The molecule has 2 nitrogen and oxygen atoms in total. The average Bonchev–Trinajstić information content (AvgIpc) is 2.86. The maximum Gasteiger partial charge on any atom is 0.232 e. The largest absolute Gasteiger partial charge is 0.325 e. The smallest absolute Gasteiger partial charge is 0.232 e. The molecule has 0 saturated heterocycles. The fraction of sp³-hybridized carbons (Fsp3) is 0.214. The highest BCUT2D eigenvalue weighted by Crippen LogP contribution is 2.37. The van der Waals surface area contributed by atoms with Gasteiger partial charge in [0.2, 0.25) is 5.91 Å². The van der Waals surface area contributed by atoms with Gasteiger partial charge in [-0.2, -0.15) is 0 Å². The number of thiophene rings is 1. The molecule has 2 heterocycles. The summed E-state index contributed by atoms with van der Waals surface area (Å²) in [6.07, 6.45) is 0.753. The third-order valence-corrected chi connectivity index (χ3v) is 4.60. The number of carbonyl (C=O) groups excluding carboxylic acids is 1. The Morgan fingerprint density at radius 1 is 1.39 bits per heavy atom. The molecule has 0 radical (unpaired) electrons. The lowest BCUT2D eigenvalue weighted by Crippen LogP contribution is -2.14. The van der Waals surface area contributed by atoms with Crippen LogP contribution >= 0.6 is 22.9 Å². The van der Waals surface area contributed by atoms with Crippen LogP contribution in [0.25, 0.3) is 0 Å². The van der Waals surface area contributed by atoms with E-state index in [0.29, 0.717) is 5.02 Å². The van der Waals surface area contributed by atoms with E-state index in [1.807, 2.05) is 12.1 Å². The number of hydrogen-bond donors (Lipinski definition) is 1. The van der Waals surface area contributed by atoms with E-state index in [-0.39, 0.29) is 11.8 Å². The number of halogens is 1. The van der Waals surface area contributed by atoms with E-state index in [4.69, 9.17) is 11.6 Å². The van der Waals surface area contributed by atoms with Crippen LogP contribution in [0.4, 0.5) is 5.69 Å². The summed E-state index contributed by atoms with van der Waals surface area (Å²) in [5, 5.41) is 5.66. The van der Waals surface area contributed by atoms with Crippen LogP contribution in [-0.2, 0) is 11.2 Å². The molecule has 1 unspecified atom stereocenters. The van der Waals surface area contributed by atoms with Crippen LogP contribution in [0.1, 0.15) is 21.9 Å². The second-order valence-corrected chi connectivity index (χ2v) is 5.94. The van der Waals surface area contributed by atoms with Crippen LogP contribution in [0.5, 0.6) is 0 Å². The molecule has 2 aromatic rings. The van der Waals surface area contributed by atoms with Gasteiger partial charge in [0.25, 0.3) is 0 Å². The predicted octanol–water partition coefficient (Wildman–Crippen LogP) is 3.99. The first-order valence-electron chi connectivity index (χ1n) is 5.78. The monoisotopic (exact) mass is 277 g/mol. The maximum atomic E-state index is 12.0. The molecule has 1 N–H and O–H groups in total. The third-order valence-electron chi connectivity index (χ3n) is 3.32. The van der Waals surface area contributed by atoms with Crippen LogP contribution in [0, 0.1) is 6.92 Å². The van der Waals surface area contributed by atoms with Crippen molar-refractivity contribution in [2.45, 2.75) is 19.3 Å². The van der Waals surface area contributed by atoms with E-state index in [1.165, 1.54) is 10.4 Å². The Kier molecular flexibility index (Phi) is 2.88. The van der Waals surface area contributed by atoms with Crippen LogP contribution in [0.3, 0.4) is 0 Å². The molecule has 1 aliphatic heterocycles. The number of anilines is 1. The van der Waals surface area contributed by atoms with E-state index in [0.717, 1.165) is 17.7 Å². The SMILES string of the molecule is Cc1ccsc1CC1C(=O)Nc2ccc(Cl)cc21. The van der Waals surface area contributed by atoms with Crippen molar-refractivity contribution < 1.29 is 4.79 Å². The van der Waals surface area contributed by atoms with Gasteiger partial charge in [-0.25, -0.2) is 0 Å². The lowest BCUT2D eigenvalue weighted by atomic mass is 9.95. The zero-order chi connectivity index (χ0) is 12.7. The number of rotatable bonds is 2. The summed E-state index contributed by atoms with van der Waals surface area (Å²) in [5.74, 6) is -0.0453. The second kappa shape index (κ2) is 4.41. The van der Waals surface area contributed by atoms with E-state index in [1.54, 1.807) is 17.4 Å². The zero-order valence-electron chi connectivity index (χ0n) is 9.87. The highest BCUT2D eigenvalue weighted by Gasteiger charge is 2.31. The van der Waals surface area contributed by atoms with Gasteiger partial charge >= 0.3 is 0 Å². The molecule has 1 aliphatic rings. The number of carbonyl (C=O) groups is 1. The van der Waals surface area contributed by atoms with Gasteiger partial charge in [-0.1, -0.05) is 11.6 Å². The summed E-state index contributed by atoms with van der Waals surface area (Å²) in [6, 6.07) is 7.66. The minimum atomic E-state index is -0.115. The second-order valence-electron chi connectivity index (χ2n) is 4.50. The molecule has 1 aromatic heterocycles. The van der Waals surface area contributed by atoms with E-state index in [2.05, 4.69) is 23.7 Å². The average molecular weight is 278 g/mol. The zero-order valence-corrected chi connectivity index (χ0v) is 11.4. The Morgan fingerprint density at radius 2 is 2.22 bits per heavy atom. The van der Waals surface area contributed by atoms with Crippen molar-refractivity contribution in [3.05, 3.63) is 50.7 Å². The first-order valence-corrected chi connectivity index (χ1v) is 7.04. The predicted molar refractivity (Wildman–Crippen MR) is 75.6 cm³/mol. The minimum absolute atomic E-state index is 0.0695. The van der Waals surface area contributed by atoms with Crippen molar-refractivity contribution in [1.82, 2.24) is 0 Å². The molecule has 0 spiro atoms. The number of nitrogens with one attached hydrogen (secondary N) is 1. The quantitative estimate of drug-likeness (QED) is 0.884. The van der Waals surface area contributed by atoms with Gasteiger partial charge in [0, 0.05) is 15.6 Å². The highest BCUT2D eigenvalue weighted by molar-refractivity contribution is 7.10. The summed E-state index contributed by atoms with van der Waals surface area (Å²) in [6.45, 7) is 2.08. The Morgan fingerprint density at radius 3 is 2.94 bits per heavy atom. The van der Waals surface area contributed by atoms with Crippen molar-refractivity contribution in [2.24, 2.45) is 0 Å². The molecule has 0 saturated carbocycles. The lowest BCUT2D eigenvalue weighted by Gasteiger charge is -2.08. The number of fused-ring (bicyclic) bond motifs is 1. The molecule has 0 fully saturated rings. The highest BCUT2D eigenvalue weighted by atomic mass is 35.5. The van der Waals surface area contributed by atoms with Crippen molar-refractivity contribution in [3.63, 3.8) is 0 Å². The molecular formula is C14H12ClNOS.